The van der Waals surface area contributed by atoms with Crippen molar-refractivity contribution >= 4 is 22.7 Å². The van der Waals surface area contributed by atoms with Crippen molar-refractivity contribution in [2.45, 2.75) is 95.6 Å². The van der Waals surface area contributed by atoms with Crippen molar-refractivity contribution in [2.75, 3.05) is 38.5 Å². The number of aromatic nitrogens is 3. The minimum atomic E-state index is -1.16. The Morgan fingerprint density at radius 2 is 1.88 bits per heavy atom. The third-order valence-corrected chi connectivity index (χ3v) is 10.4. The highest BCUT2D eigenvalue weighted by Gasteiger charge is 2.49. The number of nitrogen functional groups attached to an aromatic ring is 1. The van der Waals surface area contributed by atoms with Gasteiger partial charge in [-0.25, -0.2) is 27.3 Å². The van der Waals surface area contributed by atoms with Crippen LogP contribution in [-0.2, 0) is 4.74 Å². The smallest absolute Gasteiger partial charge is 0.410 e. The number of fused-ring (bicyclic) bond motifs is 3. The minimum absolute atomic E-state index is 0.0186. The Morgan fingerprint density at radius 1 is 1.08 bits per heavy atom. The first-order valence-electron chi connectivity index (χ1n) is 17.1. The van der Waals surface area contributed by atoms with Crippen LogP contribution in [0.25, 0.3) is 22.2 Å². The molecule has 5 atom stereocenters. The minimum Gasteiger partial charge on any atom is -0.474 e. The van der Waals surface area contributed by atoms with Gasteiger partial charge in [0.2, 0.25) is 5.88 Å². The summed E-state index contributed by atoms with van der Waals surface area (Å²) in [6.45, 7) is 9.24. The van der Waals surface area contributed by atoms with Crippen molar-refractivity contribution in [3.63, 3.8) is 0 Å². The van der Waals surface area contributed by atoms with Crippen LogP contribution < -0.4 is 15.2 Å². The quantitative estimate of drug-likeness (QED) is 0.241. The third-order valence-electron chi connectivity index (χ3n) is 10.4. The van der Waals surface area contributed by atoms with E-state index in [4.69, 9.17) is 24.9 Å². The predicted octanol–water partition coefficient (Wildman–Crippen LogP) is 6.55. The molecule has 7 rings (SSSR count). The van der Waals surface area contributed by atoms with Gasteiger partial charge in [0.1, 0.15) is 47.2 Å². The number of halogens is 4. The molecule has 0 saturated carbocycles. The molecule has 1 aromatic carbocycles. The fraction of sp³-hybridized carbons (Fsp3) is 0.600. The molecule has 14 heteroatoms. The zero-order chi connectivity index (χ0) is 34.8. The van der Waals surface area contributed by atoms with Crippen LogP contribution in [0.1, 0.15) is 77.8 Å². The van der Waals surface area contributed by atoms with Crippen molar-refractivity contribution in [1.82, 2.24) is 24.8 Å². The Labute approximate surface area is 282 Å². The number of anilines is 1. The standard InChI is InChI=1S/C35H42F4N6O4/c1-18-22-16-44(33(46)49-34(2,3)4)12-6-5-8-20(22)28-24-30(43-32(42-28)47-17-35-11-7-13-45(35)15-19(36)14-35)26(39)29(41-31(24)48-18)21-9-10-23(37)27(40)25(21)38/h9-10,18-20,22H,5-8,11-17,40H2,1-4H3/t18-,19+,20?,22?,35-/m0/s1. The number of carbonyl (C=O) groups is 1. The second-order valence-electron chi connectivity index (χ2n) is 14.9. The fourth-order valence-electron chi connectivity index (χ4n) is 8.07. The van der Waals surface area contributed by atoms with E-state index in [1.165, 1.54) is 0 Å². The van der Waals surface area contributed by atoms with Gasteiger partial charge in [0.25, 0.3) is 0 Å². The number of alkyl halides is 1. The average Bonchev–Trinajstić information content (AvgIpc) is 3.52. The van der Waals surface area contributed by atoms with Crippen molar-refractivity contribution in [3.8, 4) is 23.1 Å². The number of nitrogens with two attached hydrogens (primary N) is 1. The molecule has 6 heterocycles. The number of benzene rings is 1. The molecule has 0 spiro atoms. The maximum Gasteiger partial charge on any atom is 0.410 e. The topological polar surface area (TPSA) is 116 Å². The van der Waals surface area contributed by atoms with Crippen LogP contribution in [0.2, 0.25) is 0 Å². The summed E-state index contributed by atoms with van der Waals surface area (Å²) in [5.74, 6) is -3.80. The molecule has 3 fully saturated rings. The van der Waals surface area contributed by atoms with Gasteiger partial charge in [0.05, 0.1) is 16.6 Å². The zero-order valence-electron chi connectivity index (χ0n) is 28.2. The van der Waals surface area contributed by atoms with Crippen LogP contribution >= 0.6 is 0 Å². The molecule has 1 amide bonds. The maximum atomic E-state index is 16.7. The molecule has 2 N–H and O–H groups in total. The van der Waals surface area contributed by atoms with E-state index in [0.717, 1.165) is 37.9 Å². The number of carbonyl (C=O) groups excluding carboxylic acids is 1. The Kier molecular flexibility index (Phi) is 8.51. The SMILES string of the molecule is C[C@@H]1Oc2nc(-c3ccc(F)c(N)c3F)c(F)c3nc(OC[C@@]45CCCN4C[C@H](F)C5)nc(c23)C2CCCCN(C(=O)OC(C)(C)C)CC21. The van der Waals surface area contributed by atoms with E-state index in [1.54, 1.807) is 4.90 Å². The molecule has 2 aromatic heterocycles. The largest absolute Gasteiger partial charge is 0.474 e. The Morgan fingerprint density at radius 3 is 2.65 bits per heavy atom. The molecular weight excluding hydrogens is 644 g/mol. The number of rotatable bonds is 4. The molecule has 2 unspecified atom stereocenters. The number of hydrogen-bond acceptors (Lipinski definition) is 9. The van der Waals surface area contributed by atoms with E-state index in [-0.39, 0.29) is 53.3 Å². The molecule has 3 aromatic rings. The molecular formula is C35H42F4N6O4. The first kappa shape index (κ1) is 33.6. The summed E-state index contributed by atoms with van der Waals surface area (Å²) < 4.78 is 79.2. The number of likely N-dealkylation sites (tertiary alicyclic amines) is 1. The number of pyridine rings is 1. The van der Waals surface area contributed by atoms with E-state index >= 15 is 8.78 Å². The summed E-state index contributed by atoms with van der Waals surface area (Å²) in [5.41, 5.74) is 3.10. The molecule has 10 nitrogen and oxygen atoms in total. The van der Waals surface area contributed by atoms with Crippen LogP contribution in [-0.4, -0.2) is 87.0 Å². The van der Waals surface area contributed by atoms with Gasteiger partial charge in [0.15, 0.2) is 11.6 Å². The molecule has 3 saturated heterocycles. The fourth-order valence-corrected chi connectivity index (χ4v) is 8.07. The van der Waals surface area contributed by atoms with Crippen LogP contribution in [0.15, 0.2) is 12.1 Å². The Bertz CT molecular complexity index is 1790. The molecule has 4 aliphatic rings. The molecule has 49 heavy (non-hydrogen) atoms. The van der Waals surface area contributed by atoms with E-state index in [2.05, 4.69) is 14.9 Å². The lowest BCUT2D eigenvalue weighted by atomic mass is 9.80. The monoisotopic (exact) mass is 686 g/mol. The second-order valence-corrected chi connectivity index (χ2v) is 14.9. The van der Waals surface area contributed by atoms with Gasteiger partial charge in [-0.1, -0.05) is 6.42 Å². The van der Waals surface area contributed by atoms with Crippen LogP contribution in [0.4, 0.5) is 28.0 Å². The number of ether oxygens (including phenoxy) is 3. The van der Waals surface area contributed by atoms with E-state index in [9.17, 15) is 13.6 Å². The lowest BCUT2D eigenvalue weighted by molar-refractivity contribution is 0.0119. The number of amides is 1. The molecule has 0 aliphatic carbocycles. The summed E-state index contributed by atoms with van der Waals surface area (Å²) in [7, 11) is 0. The van der Waals surface area contributed by atoms with Gasteiger partial charge in [-0.05, 0) is 72.1 Å². The zero-order valence-corrected chi connectivity index (χ0v) is 28.2. The highest BCUT2D eigenvalue weighted by atomic mass is 19.1. The van der Waals surface area contributed by atoms with Crippen molar-refractivity contribution in [3.05, 3.63) is 35.3 Å². The van der Waals surface area contributed by atoms with E-state index < -0.39 is 58.3 Å². The molecule has 264 valence electrons. The first-order chi connectivity index (χ1) is 23.2. The van der Waals surface area contributed by atoms with Crippen molar-refractivity contribution in [2.24, 2.45) is 5.92 Å². The summed E-state index contributed by atoms with van der Waals surface area (Å²) >= 11 is 0. The van der Waals surface area contributed by atoms with Gasteiger partial charge >= 0.3 is 12.1 Å². The van der Waals surface area contributed by atoms with Gasteiger partial charge in [-0.15, -0.1) is 0 Å². The summed E-state index contributed by atoms with van der Waals surface area (Å²) in [4.78, 5) is 30.9. The number of hydrogen-bond donors (Lipinski definition) is 1. The first-order valence-corrected chi connectivity index (χ1v) is 17.1. The lowest BCUT2D eigenvalue weighted by Crippen LogP contribution is -2.45. The molecule has 4 aliphatic heterocycles. The van der Waals surface area contributed by atoms with E-state index in [1.807, 2.05) is 27.7 Å². The van der Waals surface area contributed by atoms with Crippen LogP contribution in [0, 0.1) is 23.4 Å². The normalized spacial score (nSPS) is 27.1. The molecule has 0 bridgehead atoms. The van der Waals surface area contributed by atoms with Crippen LogP contribution in [0.3, 0.4) is 0 Å². The van der Waals surface area contributed by atoms with Gasteiger partial charge < -0.3 is 24.8 Å². The Hall–Kier alpha value is -3.94. The van der Waals surface area contributed by atoms with Gasteiger partial charge in [-0.3, -0.25) is 4.90 Å². The summed E-state index contributed by atoms with van der Waals surface area (Å²) in [6.07, 6.45) is 2.10. The predicted molar refractivity (Wildman–Crippen MR) is 174 cm³/mol. The summed E-state index contributed by atoms with van der Waals surface area (Å²) in [5, 5.41) is 0.221. The maximum absolute atomic E-state index is 16.7. The average molecular weight is 687 g/mol. The second kappa shape index (κ2) is 12.4. The van der Waals surface area contributed by atoms with Crippen molar-refractivity contribution < 1.29 is 36.6 Å². The highest BCUT2D eigenvalue weighted by Crippen LogP contribution is 2.47. The van der Waals surface area contributed by atoms with Gasteiger partial charge in [0, 0.05) is 43.5 Å². The van der Waals surface area contributed by atoms with Gasteiger partial charge in [-0.2, -0.15) is 9.97 Å². The Balaban J connectivity index is 1.36. The highest BCUT2D eigenvalue weighted by molar-refractivity contribution is 5.91. The van der Waals surface area contributed by atoms with Crippen LogP contribution in [0.5, 0.6) is 11.9 Å². The van der Waals surface area contributed by atoms with Crippen molar-refractivity contribution in [1.29, 1.82) is 0 Å². The summed E-state index contributed by atoms with van der Waals surface area (Å²) in [6, 6.07) is 1.91. The number of nitrogens with zero attached hydrogens (tertiary/aromatic N) is 5. The third kappa shape index (κ3) is 6.10. The molecule has 0 radical (unpaired) electrons. The van der Waals surface area contributed by atoms with E-state index in [0.29, 0.717) is 38.0 Å². The lowest BCUT2D eigenvalue weighted by Gasteiger charge is -2.37.